The summed E-state index contributed by atoms with van der Waals surface area (Å²) in [7, 11) is 1.96. The van der Waals surface area contributed by atoms with Crippen LogP contribution in [0.4, 0.5) is 0 Å². The Morgan fingerprint density at radius 2 is 1.93 bits per heavy atom. The summed E-state index contributed by atoms with van der Waals surface area (Å²) in [6.07, 6.45) is 1.05. The second-order valence-electron chi connectivity index (χ2n) is 3.43. The average Bonchev–Trinajstić information content (AvgIpc) is 2.26. The summed E-state index contributed by atoms with van der Waals surface area (Å²) in [5, 5.41) is 3.20. The van der Waals surface area contributed by atoms with Gasteiger partial charge >= 0.3 is 0 Å². The largest absolute Gasteiger partial charge is 0.494 e. The maximum atomic E-state index is 5.50. The zero-order chi connectivity index (χ0) is 10.4. The van der Waals surface area contributed by atoms with E-state index < -0.39 is 0 Å². The summed E-state index contributed by atoms with van der Waals surface area (Å²) in [6.45, 7) is 5.04. The van der Waals surface area contributed by atoms with Gasteiger partial charge in [0.2, 0.25) is 0 Å². The fourth-order valence-electron chi connectivity index (χ4n) is 1.24. The van der Waals surface area contributed by atoms with Gasteiger partial charge in [-0.15, -0.1) is 0 Å². The zero-order valence-electron chi connectivity index (χ0n) is 9.21. The standard InChI is InChI=1S/C12H19NO/c1-4-9-14-12-7-5-11(6-8-12)10(2)13-3/h5-8,10,13H,4,9H2,1-3H3/t10-/m0/s1. The van der Waals surface area contributed by atoms with Crippen LogP contribution in [-0.4, -0.2) is 13.7 Å². The third-order valence-corrected chi connectivity index (χ3v) is 2.29. The quantitative estimate of drug-likeness (QED) is 0.776. The second-order valence-corrected chi connectivity index (χ2v) is 3.43. The van der Waals surface area contributed by atoms with Crippen LogP contribution in [0.5, 0.6) is 5.75 Å². The Hall–Kier alpha value is -1.02. The van der Waals surface area contributed by atoms with E-state index in [2.05, 4.69) is 31.3 Å². The molecule has 0 bridgehead atoms. The van der Waals surface area contributed by atoms with E-state index in [1.807, 2.05) is 19.2 Å². The normalized spacial score (nSPS) is 12.5. The molecule has 2 nitrogen and oxygen atoms in total. The van der Waals surface area contributed by atoms with Gasteiger partial charge in [0.25, 0.3) is 0 Å². The number of ether oxygens (including phenoxy) is 1. The Bertz CT molecular complexity index is 256. The van der Waals surface area contributed by atoms with Crippen molar-refractivity contribution in [3.05, 3.63) is 29.8 Å². The average molecular weight is 193 g/mol. The Kier molecular flexibility index (Phi) is 4.47. The highest BCUT2D eigenvalue weighted by atomic mass is 16.5. The van der Waals surface area contributed by atoms with Crippen LogP contribution >= 0.6 is 0 Å². The molecule has 0 saturated heterocycles. The van der Waals surface area contributed by atoms with Crippen molar-refractivity contribution in [3.8, 4) is 5.75 Å². The molecule has 14 heavy (non-hydrogen) atoms. The first-order chi connectivity index (χ1) is 6.77. The summed E-state index contributed by atoms with van der Waals surface area (Å²) in [4.78, 5) is 0. The maximum absolute atomic E-state index is 5.50. The third kappa shape index (κ3) is 3.04. The molecule has 0 aromatic heterocycles. The number of rotatable bonds is 5. The van der Waals surface area contributed by atoms with E-state index in [1.165, 1.54) is 5.56 Å². The lowest BCUT2D eigenvalue weighted by Crippen LogP contribution is -2.11. The van der Waals surface area contributed by atoms with Crippen LogP contribution in [0.15, 0.2) is 24.3 Å². The monoisotopic (exact) mass is 193 g/mol. The predicted molar refractivity (Wildman–Crippen MR) is 59.7 cm³/mol. The summed E-state index contributed by atoms with van der Waals surface area (Å²) < 4.78 is 5.50. The fraction of sp³-hybridized carbons (Fsp3) is 0.500. The Morgan fingerprint density at radius 1 is 1.29 bits per heavy atom. The summed E-state index contributed by atoms with van der Waals surface area (Å²) in [5.74, 6) is 0.957. The van der Waals surface area contributed by atoms with Crippen LogP contribution in [0.1, 0.15) is 31.9 Å². The minimum absolute atomic E-state index is 0.398. The molecule has 0 heterocycles. The Morgan fingerprint density at radius 3 is 2.43 bits per heavy atom. The van der Waals surface area contributed by atoms with Gasteiger partial charge in [0.1, 0.15) is 5.75 Å². The molecule has 0 aliphatic rings. The number of hydrogen-bond donors (Lipinski definition) is 1. The van der Waals surface area contributed by atoms with Crippen molar-refractivity contribution in [2.45, 2.75) is 26.3 Å². The molecule has 0 amide bonds. The van der Waals surface area contributed by atoms with Gasteiger partial charge in [-0.2, -0.15) is 0 Å². The molecule has 1 rings (SSSR count). The molecule has 1 N–H and O–H groups in total. The smallest absolute Gasteiger partial charge is 0.119 e. The van der Waals surface area contributed by atoms with Crippen LogP contribution in [0.25, 0.3) is 0 Å². The van der Waals surface area contributed by atoms with Gasteiger partial charge in [-0.1, -0.05) is 19.1 Å². The Labute approximate surface area is 86.3 Å². The van der Waals surface area contributed by atoms with Crippen LogP contribution in [0, 0.1) is 0 Å². The summed E-state index contributed by atoms with van der Waals surface area (Å²) in [6, 6.07) is 8.66. The van der Waals surface area contributed by atoms with Crippen LogP contribution in [0.2, 0.25) is 0 Å². The maximum Gasteiger partial charge on any atom is 0.119 e. The van der Waals surface area contributed by atoms with E-state index in [-0.39, 0.29) is 0 Å². The summed E-state index contributed by atoms with van der Waals surface area (Å²) in [5.41, 5.74) is 1.29. The second kappa shape index (κ2) is 5.66. The molecular weight excluding hydrogens is 174 g/mol. The lowest BCUT2D eigenvalue weighted by molar-refractivity contribution is 0.317. The highest BCUT2D eigenvalue weighted by Crippen LogP contribution is 2.17. The van der Waals surface area contributed by atoms with Crippen molar-refractivity contribution in [2.24, 2.45) is 0 Å². The molecule has 78 valence electrons. The highest BCUT2D eigenvalue weighted by Gasteiger charge is 2.01. The SMILES string of the molecule is CCCOc1ccc([C@H](C)NC)cc1. The molecule has 1 aromatic carbocycles. The molecule has 1 aromatic rings. The minimum atomic E-state index is 0.398. The minimum Gasteiger partial charge on any atom is -0.494 e. The molecule has 0 radical (unpaired) electrons. The molecule has 0 fully saturated rings. The topological polar surface area (TPSA) is 21.3 Å². The lowest BCUT2D eigenvalue weighted by atomic mass is 10.1. The first kappa shape index (κ1) is 11.1. The van der Waals surface area contributed by atoms with Crippen LogP contribution < -0.4 is 10.1 Å². The van der Waals surface area contributed by atoms with Gasteiger partial charge in [0.05, 0.1) is 6.61 Å². The molecular formula is C12H19NO. The third-order valence-electron chi connectivity index (χ3n) is 2.29. The van der Waals surface area contributed by atoms with Gasteiger partial charge < -0.3 is 10.1 Å². The lowest BCUT2D eigenvalue weighted by Gasteiger charge is -2.11. The van der Waals surface area contributed by atoms with Crippen molar-refractivity contribution < 1.29 is 4.74 Å². The van der Waals surface area contributed by atoms with E-state index in [9.17, 15) is 0 Å². The first-order valence-electron chi connectivity index (χ1n) is 5.18. The number of benzene rings is 1. The van der Waals surface area contributed by atoms with E-state index in [0.717, 1.165) is 18.8 Å². The molecule has 0 aliphatic heterocycles. The molecule has 2 heteroatoms. The van der Waals surface area contributed by atoms with Gasteiger partial charge in [0, 0.05) is 6.04 Å². The van der Waals surface area contributed by atoms with E-state index >= 15 is 0 Å². The molecule has 0 unspecified atom stereocenters. The van der Waals surface area contributed by atoms with E-state index in [0.29, 0.717) is 6.04 Å². The van der Waals surface area contributed by atoms with Crippen molar-refractivity contribution in [1.82, 2.24) is 5.32 Å². The fourth-order valence-corrected chi connectivity index (χ4v) is 1.24. The van der Waals surface area contributed by atoms with Crippen molar-refractivity contribution in [2.75, 3.05) is 13.7 Å². The van der Waals surface area contributed by atoms with E-state index in [1.54, 1.807) is 0 Å². The van der Waals surface area contributed by atoms with Crippen LogP contribution in [0.3, 0.4) is 0 Å². The van der Waals surface area contributed by atoms with Gasteiger partial charge in [-0.3, -0.25) is 0 Å². The molecule has 1 atom stereocenters. The highest BCUT2D eigenvalue weighted by molar-refractivity contribution is 5.28. The molecule has 0 spiro atoms. The number of nitrogens with one attached hydrogen (secondary N) is 1. The van der Waals surface area contributed by atoms with E-state index in [4.69, 9.17) is 4.74 Å². The van der Waals surface area contributed by atoms with Crippen molar-refractivity contribution in [1.29, 1.82) is 0 Å². The molecule has 0 aliphatic carbocycles. The van der Waals surface area contributed by atoms with Gasteiger partial charge in [0.15, 0.2) is 0 Å². The van der Waals surface area contributed by atoms with Gasteiger partial charge in [-0.05, 0) is 38.1 Å². The van der Waals surface area contributed by atoms with Crippen molar-refractivity contribution >= 4 is 0 Å². The van der Waals surface area contributed by atoms with Crippen LogP contribution in [-0.2, 0) is 0 Å². The van der Waals surface area contributed by atoms with Crippen molar-refractivity contribution in [3.63, 3.8) is 0 Å². The zero-order valence-corrected chi connectivity index (χ0v) is 9.21. The Balaban J connectivity index is 2.59. The van der Waals surface area contributed by atoms with Gasteiger partial charge in [-0.25, -0.2) is 0 Å². The first-order valence-corrected chi connectivity index (χ1v) is 5.18. The predicted octanol–water partition coefficient (Wildman–Crippen LogP) is 2.76. The number of hydrogen-bond acceptors (Lipinski definition) is 2. The molecule has 0 saturated carbocycles. The summed E-state index contributed by atoms with van der Waals surface area (Å²) >= 11 is 0.